The average molecular weight is 391 g/mol. The Kier molecular flexibility index (Phi) is 7.13. The van der Waals surface area contributed by atoms with Crippen LogP contribution in [-0.2, 0) is 4.79 Å². The lowest BCUT2D eigenvalue weighted by Gasteiger charge is -2.13. The molecule has 0 radical (unpaired) electrons. The van der Waals surface area contributed by atoms with Crippen molar-refractivity contribution >= 4 is 34.8 Å². The maximum atomic E-state index is 12.2. The molecular weight excluding hydrogens is 372 g/mol. The number of benzene rings is 1. The van der Waals surface area contributed by atoms with Crippen molar-refractivity contribution in [3.8, 4) is 11.5 Å². The molecule has 27 heavy (non-hydrogen) atoms. The SMILES string of the molecule is COc1cc(NC(=O)C/C(C)=N\NC(=O)c2cccnc2)c(OC)cc1Cl. The van der Waals surface area contributed by atoms with Crippen LogP contribution in [-0.4, -0.2) is 36.7 Å². The fourth-order valence-electron chi connectivity index (χ4n) is 2.13. The van der Waals surface area contributed by atoms with Gasteiger partial charge < -0.3 is 14.8 Å². The van der Waals surface area contributed by atoms with Crippen molar-refractivity contribution in [1.82, 2.24) is 10.4 Å². The minimum atomic E-state index is -0.410. The minimum absolute atomic E-state index is 0.0264. The van der Waals surface area contributed by atoms with E-state index in [1.54, 1.807) is 37.4 Å². The van der Waals surface area contributed by atoms with Crippen LogP contribution < -0.4 is 20.2 Å². The van der Waals surface area contributed by atoms with E-state index >= 15 is 0 Å². The molecule has 8 nitrogen and oxygen atoms in total. The molecule has 2 aromatic rings. The van der Waals surface area contributed by atoms with Gasteiger partial charge in [0, 0.05) is 30.2 Å². The summed E-state index contributed by atoms with van der Waals surface area (Å²) in [4.78, 5) is 28.0. The van der Waals surface area contributed by atoms with Gasteiger partial charge in [-0.1, -0.05) is 11.6 Å². The van der Waals surface area contributed by atoms with Crippen molar-refractivity contribution in [2.24, 2.45) is 5.10 Å². The molecule has 0 bridgehead atoms. The monoisotopic (exact) mass is 390 g/mol. The number of methoxy groups -OCH3 is 2. The maximum Gasteiger partial charge on any atom is 0.272 e. The molecule has 2 N–H and O–H groups in total. The van der Waals surface area contributed by atoms with E-state index in [-0.39, 0.29) is 12.3 Å². The van der Waals surface area contributed by atoms with Crippen molar-refractivity contribution in [2.75, 3.05) is 19.5 Å². The van der Waals surface area contributed by atoms with Crippen LogP contribution in [0.2, 0.25) is 5.02 Å². The molecule has 0 atom stereocenters. The molecule has 0 saturated heterocycles. The zero-order chi connectivity index (χ0) is 19.8. The van der Waals surface area contributed by atoms with Gasteiger partial charge >= 0.3 is 0 Å². The Morgan fingerprint density at radius 3 is 2.59 bits per heavy atom. The van der Waals surface area contributed by atoms with Gasteiger partial charge in [0.25, 0.3) is 5.91 Å². The first kappa shape index (κ1) is 20.2. The topological polar surface area (TPSA) is 102 Å². The molecule has 1 heterocycles. The Bertz CT molecular complexity index is 856. The van der Waals surface area contributed by atoms with E-state index in [2.05, 4.69) is 20.8 Å². The van der Waals surface area contributed by atoms with Crippen LogP contribution in [0.15, 0.2) is 41.8 Å². The zero-order valence-electron chi connectivity index (χ0n) is 15.1. The number of halogens is 1. The van der Waals surface area contributed by atoms with Gasteiger partial charge in [-0.15, -0.1) is 0 Å². The molecule has 142 valence electrons. The average Bonchev–Trinajstić information content (AvgIpc) is 2.67. The standard InChI is InChI=1S/C18H19ClN4O4/c1-11(22-23-18(25)12-5-4-6-20-10-12)7-17(24)21-14-9-15(26-2)13(19)8-16(14)27-3/h4-6,8-10H,7H2,1-3H3,(H,21,24)(H,23,25)/b22-11-. The summed E-state index contributed by atoms with van der Waals surface area (Å²) in [5, 5.41) is 7.00. The number of ether oxygens (including phenoxy) is 2. The Morgan fingerprint density at radius 1 is 1.22 bits per heavy atom. The van der Waals surface area contributed by atoms with Crippen LogP contribution in [0.3, 0.4) is 0 Å². The molecule has 9 heteroatoms. The number of hydrazone groups is 1. The van der Waals surface area contributed by atoms with Crippen molar-refractivity contribution in [1.29, 1.82) is 0 Å². The van der Waals surface area contributed by atoms with Gasteiger partial charge in [0.05, 0.1) is 36.9 Å². The highest BCUT2D eigenvalue weighted by Gasteiger charge is 2.13. The van der Waals surface area contributed by atoms with E-state index in [0.717, 1.165) is 0 Å². The molecule has 0 saturated carbocycles. The third-order valence-corrected chi connectivity index (χ3v) is 3.73. The summed E-state index contributed by atoms with van der Waals surface area (Å²) in [5.74, 6) is 0.0528. The highest BCUT2D eigenvalue weighted by molar-refractivity contribution is 6.32. The molecule has 1 aromatic heterocycles. The number of pyridine rings is 1. The molecule has 0 aliphatic heterocycles. The predicted octanol–water partition coefficient (Wildman–Crippen LogP) is 2.89. The normalized spacial score (nSPS) is 10.9. The lowest BCUT2D eigenvalue weighted by atomic mass is 10.2. The van der Waals surface area contributed by atoms with Crippen molar-refractivity contribution in [2.45, 2.75) is 13.3 Å². The summed E-state index contributed by atoms with van der Waals surface area (Å²) < 4.78 is 10.4. The number of nitrogens with one attached hydrogen (secondary N) is 2. The van der Waals surface area contributed by atoms with Gasteiger partial charge in [-0.2, -0.15) is 5.10 Å². The van der Waals surface area contributed by atoms with Crippen LogP contribution in [0.4, 0.5) is 5.69 Å². The Labute approximate surface area is 161 Å². The summed E-state index contributed by atoms with van der Waals surface area (Å²) in [6.07, 6.45) is 2.96. The van der Waals surface area contributed by atoms with Crippen molar-refractivity contribution < 1.29 is 19.1 Å². The second kappa shape index (κ2) is 9.54. The zero-order valence-corrected chi connectivity index (χ0v) is 15.8. The molecule has 0 unspecified atom stereocenters. The van der Waals surface area contributed by atoms with E-state index in [9.17, 15) is 9.59 Å². The summed E-state index contributed by atoms with van der Waals surface area (Å²) in [7, 11) is 2.94. The smallest absolute Gasteiger partial charge is 0.272 e. The Balaban J connectivity index is 1.99. The van der Waals surface area contributed by atoms with Crippen molar-refractivity contribution in [3.05, 3.63) is 47.2 Å². The highest BCUT2D eigenvalue weighted by Crippen LogP contribution is 2.35. The molecule has 0 aliphatic carbocycles. The Morgan fingerprint density at radius 2 is 1.96 bits per heavy atom. The van der Waals surface area contributed by atoms with Crippen LogP contribution in [0.25, 0.3) is 0 Å². The first-order chi connectivity index (χ1) is 12.9. The Hall–Kier alpha value is -3.13. The van der Waals surface area contributed by atoms with Gasteiger partial charge in [0.2, 0.25) is 5.91 Å². The van der Waals surface area contributed by atoms with Gasteiger partial charge in [-0.25, -0.2) is 5.43 Å². The number of rotatable bonds is 7. The first-order valence-electron chi connectivity index (χ1n) is 7.89. The molecule has 2 rings (SSSR count). The van der Waals surface area contributed by atoms with Gasteiger partial charge in [0.1, 0.15) is 11.5 Å². The number of nitrogens with zero attached hydrogens (tertiary/aromatic N) is 2. The summed E-state index contributed by atoms with van der Waals surface area (Å²) in [5.41, 5.74) is 3.59. The molecule has 0 aliphatic rings. The molecule has 2 amide bonds. The number of aromatic nitrogens is 1. The van der Waals surface area contributed by atoms with Crippen LogP contribution >= 0.6 is 11.6 Å². The third-order valence-electron chi connectivity index (χ3n) is 3.44. The quantitative estimate of drug-likeness (QED) is 0.559. The third kappa shape index (κ3) is 5.68. The fourth-order valence-corrected chi connectivity index (χ4v) is 2.36. The fraction of sp³-hybridized carbons (Fsp3) is 0.222. The van der Waals surface area contributed by atoms with Crippen LogP contribution in [0, 0.1) is 0 Å². The van der Waals surface area contributed by atoms with Crippen LogP contribution in [0.5, 0.6) is 11.5 Å². The number of anilines is 1. The van der Waals surface area contributed by atoms with E-state index in [4.69, 9.17) is 21.1 Å². The summed E-state index contributed by atoms with van der Waals surface area (Å²) >= 11 is 6.04. The van der Waals surface area contributed by atoms with E-state index in [1.165, 1.54) is 20.4 Å². The molecule has 1 aromatic carbocycles. The lowest BCUT2D eigenvalue weighted by Crippen LogP contribution is -2.21. The van der Waals surface area contributed by atoms with Gasteiger partial charge in [0.15, 0.2) is 0 Å². The second-order valence-corrected chi connectivity index (χ2v) is 5.85. The number of hydrogen-bond donors (Lipinski definition) is 2. The van der Waals surface area contributed by atoms with E-state index in [0.29, 0.717) is 33.5 Å². The number of carbonyl (C=O) groups excluding carboxylic acids is 2. The molecule has 0 fully saturated rings. The number of amides is 2. The lowest BCUT2D eigenvalue weighted by molar-refractivity contribution is -0.115. The first-order valence-corrected chi connectivity index (χ1v) is 8.27. The van der Waals surface area contributed by atoms with Gasteiger partial charge in [-0.05, 0) is 19.1 Å². The maximum absolute atomic E-state index is 12.2. The number of hydrogen-bond acceptors (Lipinski definition) is 6. The summed E-state index contributed by atoms with van der Waals surface area (Å²) in [6.45, 7) is 1.63. The molecule has 0 spiro atoms. The minimum Gasteiger partial charge on any atom is -0.495 e. The predicted molar refractivity (Wildman–Crippen MR) is 103 cm³/mol. The van der Waals surface area contributed by atoms with E-state index < -0.39 is 5.91 Å². The summed E-state index contributed by atoms with van der Waals surface area (Å²) in [6, 6.07) is 6.37. The molecular formula is C18H19ClN4O4. The van der Waals surface area contributed by atoms with Gasteiger partial charge in [-0.3, -0.25) is 14.6 Å². The van der Waals surface area contributed by atoms with Crippen LogP contribution in [0.1, 0.15) is 23.7 Å². The highest BCUT2D eigenvalue weighted by atomic mass is 35.5. The van der Waals surface area contributed by atoms with E-state index in [1.807, 2.05) is 0 Å². The van der Waals surface area contributed by atoms with Crippen molar-refractivity contribution in [3.63, 3.8) is 0 Å². The number of carbonyl (C=O) groups is 2. The largest absolute Gasteiger partial charge is 0.495 e. The second-order valence-electron chi connectivity index (χ2n) is 5.44.